The molecule has 4 heteroatoms. The van der Waals surface area contributed by atoms with E-state index >= 15 is 0 Å². The molecule has 0 radical (unpaired) electrons. The molecule has 0 aliphatic heterocycles. The first-order valence-corrected chi connectivity index (χ1v) is 6.31. The second-order valence-electron chi connectivity index (χ2n) is 4.40. The Balaban J connectivity index is 2.18. The second-order valence-corrected chi connectivity index (χ2v) is 4.40. The van der Waals surface area contributed by atoms with Crippen molar-refractivity contribution in [2.75, 3.05) is 7.11 Å². The number of nitrogens with zero attached hydrogens (tertiary/aromatic N) is 3. The molecule has 0 atom stereocenters. The normalized spacial score (nSPS) is 10.4. The maximum atomic E-state index is 9.04. The molecule has 0 bridgehead atoms. The summed E-state index contributed by atoms with van der Waals surface area (Å²) in [5.41, 5.74) is 3.59. The minimum atomic E-state index is 0.326. The Morgan fingerprint density at radius 3 is 2.70 bits per heavy atom. The molecule has 0 aliphatic rings. The standard InChI is InChI=1S/C16H13N3O/c1-20-13-7-5-12(6-8-13)16-14(9-10-17)19-11-3-2-4-15(19)18-16/h2-8,11H,9H2,1H3. The summed E-state index contributed by atoms with van der Waals surface area (Å²) in [4.78, 5) is 4.63. The molecule has 98 valence electrons. The Kier molecular flexibility index (Phi) is 3.10. The van der Waals surface area contributed by atoms with Crippen LogP contribution in [0.5, 0.6) is 5.75 Å². The van der Waals surface area contributed by atoms with Crippen LogP contribution in [0.15, 0.2) is 48.7 Å². The lowest BCUT2D eigenvalue weighted by atomic mass is 10.1. The van der Waals surface area contributed by atoms with Gasteiger partial charge in [-0.15, -0.1) is 0 Å². The van der Waals surface area contributed by atoms with E-state index in [0.29, 0.717) is 6.42 Å². The molecule has 0 N–H and O–H groups in total. The lowest BCUT2D eigenvalue weighted by Gasteiger charge is -2.03. The topological polar surface area (TPSA) is 50.3 Å². The Morgan fingerprint density at radius 1 is 1.20 bits per heavy atom. The lowest BCUT2D eigenvalue weighted by molar-refractivity contribution is 0.415. The molecule has 0 unspecified atom stereocenters. The predicted molar refractivity (Wildman–Crippen MR) is 76.5 cm³/mol. The van der Waals surface area contributed by atoms with E-state index in [4.69, 9.17) is 10.00 Å². The zero-order chi connectivity index (χ0) is 13.9. The largest absolute Gasteiger partial charge is 0.497 e. The molecule has 0 saturated carbocycles. The SMILES string of the molecule is COc1ccc(-c2nc3ccccn3c2CC#N)cc1. The molecule has 1 aromatic carbocycles. The van der Waals surface area contributed by atoms with Crippen LogP contribution in [-0.4, -0.2) is 16.5 Å². The number of rotatable bonds is 3. The van der Waals surface area contributed by atoms with Crippen LogP contribution in [0.2, 0.25) is 0 Å². The van der Waals surface area contributed by atoms with E-state index in [0.717, 1.165) is 28.3 Å². The van der Waals surface area contributed by atoms with Gasteiger partial charge in [-0.1, -0.05) is 6.07 Å². The van der Waals surface area contributed by atoms with Gasteiger partial charge in [-0.2, -0.15) is 5.26 Å². The maximum Gasteiger partial charge on any atom is 0.137 e. The number of fused-ring (bicyclic) bond motifs is 1. The zero-order valence-electron chi connectivity index (χ0n) is 11.1. The summed E-state index contributed by atoms with van der Waals surface area (Å²) in [5.74, 6) is 0.805. The van der Waals surface area contributed by atoms with Gasteiger partial charge in [0.25, 0.3) is 0 Å². The molecule has 0 fully saturated rings. The molecule has 2 heterocycles. The number of pyridine rings is 1. The van der Waals surface area contributed by atoms with Gasteiger partial charge in [0.1, 0.15) is 11.4 Å². The second kappa shape index (κ2) is 5.06. The van der Waals surface area contributed by atoms with Crippen LogP contribution < -0.4 is 4.74 Å². The van der Waals surface area contributed by atoms with E-state index in [-0.39, 0.29) is 0 Å². The van der Waals surface area contributed by atoms with E-state index in [1.807, 2.05) is 53.1 Å². The molecule has 3 aromatic rings. The number of benzene rings is 1. The lowest BCUT2D eigenvalue weighted by Crippen LogP contribution is -1.93. The first kappa shape index (κ1) is 12.2. The van der Waals surface area contributed by atoms with Crippen molar-refractivity contribution in [3.05, 3.63) is 54.4 Å². The Hall–Kier alpha value is -2.80. The fourth-order valence-corrected chi connectivity index (χ4v) is 2.27. The van der Waals surface area contributed by atoms with Gasteiger partial charge in [0, 0.05) is 11.8 Å². The van der Waals surface area contributed by atoms with Crippen LogP contribution >= 0.6 is 0 Å². The fraction of sp³-hybridized carbons (Fsp3) is 0.125. The number of ether oxygens (including phenoxy) is 1. The van der Waals surface area contributed by atoms with Crippen LogP contribution in [0.3, 0.4) is 0 Å². The molecule has 0 amide bonds. The van der Waals surface area contributed by atoms with Gasteiger partial charge >= 0.3 is 0 Å². The Bertz CT molecular complexity index is 782. The predicted octanol–water partition coefficient (Wildman–Crippen LogP) is 3.08. The summed E-state index contributed by atoms with van der Waals surface area (Å²) in [7, 11) is 1.64. The minimum Gasteiger partial charge on any atom is -0.497 e. The molecule has 0 saturated heterocycles. The van der Waals surface area contributed by atoms with E-state index in [2.05, 4.69) is 11.1 Å². The number of hydrogen-bond donors (Lipinski definition) is 0. The highest BCUT2D eigenvalue weighted by Crippen LogP contribution is 2.26. The number of imidazole rings is 1. The third kappa shape index (κ3) is 1.99. The van der Waals surface area contributed by atoms with Crippen LogP contribution in [0.4, 0.5) is 0 Å². The number of aromatic nitrogens is 2. The van der Waals surface area contributed by atoms with E-state index in [1.54, 1.807) is 7.11 Å². The van der Waals surface area contributed by atoms with Crippen molar-refractivity contribution in [1.29, 1.82) is 5.26 Å². The summed E-state index contributed by atoms with van der Waals surface area (Å²) in [6.45, 7) is 0. The minimum absolute atomic E-state index is 0.326. The van der Waals surface area contributed by atoms with Crippen LogP contribution in [0, 0.1) is 11.3 Å². The number of nitriles is 1. The average Bonchev–Trinajstić information content (AvgIpc) is 2.87. The molecule has 0 aliphatic carbocycles. The molecule has 2 aromatic heterocycles. The van der Waals surface area contributed by atoms with Crippen LogP contribution in [0.1, 0.15) is 5.69 Å². The van der Waals surface area contributed by atoms with Crippen LogP contribution in [-0.2, 0) is 6.42 Å². The summed E-state index contributed by atoms with van der Waals surface area (Å²) in [5, 5.41) is 9.04. The molecule has 3 rings (SSSR count). The number of methoxy groups -OCH3 is 1. The first-order valence-electron chi connectivity index (χ1n) is 6.31. The summed E-state index contributed by atoms with van der Waals surface area (Å²) >= 11 is 0. The van der Waals surface area contributed by atoms with Gasteiger partial charge in [0.05, 0.1) is 31.0 Å². The highest BCUT2D eigenvalue weighted by Gasteiger charge is 2.13. The van der Waals surface area contributed by atoms with Crippen molar-refractivity contribution < 1.29 is 4.74 Å². The Labute approximate surface area is 116 Å². The zero-order valence-corrected chi connectivity index (χ0v) is 11.1. The summed E-state index contributed by atoms with van der Waals surface area (Å²) in [6, 6.07) is 15.7. The third-order valence-electron chi connectivity index (χ3n) is 3.24. The van der Waals surface area contributed by atoms with Crippen molar-refractivity contribution in [3.8, 4) is 23.1 Å². The fourth-order valence-electron chi connectivity index (χ4n) is 2.27. The van der Waals surface area contributed by atoms with Crippen molar-refractivity contribution in [2.24, 2.45) is 0 Å². The highest BCUT2D eigenvalue weighted by atomic mass is 16.5. The van der Waals surface area contributed by atoms with Gasteiger partial charge in [-0.25, -0.2) is 4.98 Å². The molecule has 4 nitrogen and oxygen atoms in total. The summed E-state index contributed by atoms with van der Waals surface area (Å²) < 4.78 is 7.12. The molecule has 0 spiro atoms. The van der Waals surface area contributed by atoms with Gasteiger partial charge in [-0.05, 0) is 36.4 Å². The van der Waals surface area contributed by atoms with Gasteiger partial charge < -0.3 is 9.14 Å². The van der Waals surface area contributed by atoms with Gasteiger partial charge in [-0.3, -0.25) is 0 Å². The highest BCUT2D eigenvalue weighted by molar-refractivity contribution is 5.67. The van der Waals surface area contributed by atoms with E-state index in [9.17, 15) is 0 Å². The molecular formula is C16H13N3O. The molecular weight excluding hydrogens is 250 g/mol. The van der Waals surface area contributed by atoms with Gasteiger partial charge in [0.2, 0.25) is 0 Å². The number of hydrogen-bond acceptors (Lipinski definition) is 3. The van der Waals surface area contributed by atoms with Crippen molar-refractivity contribution in [3.63, 3.8) is 0 Å². The molecule has 20 heavy (non-hydrogen) atoms. The summed E-state index contributed by atoms with van der Waals surface area (Å²) in [6.07, 6.45) is 2.26. The smallest absolute Gasteiger partial charge is 0.137 e. The van der Waals surface area contributed by atoms with E-state index < -0.39 is 0 Å². The Morgan fingerprint density at radius 2 is 2.00 bits per heavy atom. The van der Waals surface area contributed by atoms with Crippen LogP contribution in [0.25, 0.3) is 16.9 Å². The van der Waals surface area contributed by atoms with Crippen molar-refractivity contribution in [2.45, 2.75) is 6.42 Å². The van der Waals surface area contributed by atoms with Gasteiger partial charge in [0.15, 0.2) is 0 Å². The first-order chi connectivity index (χ1) is 9.83. The quantitative estimate of drug-likeness (QED) is 0.729. The monoisotopic (exact) mass is 263 g/mol. The van der Waals surface area contributed by atoms with E-state index in [1.165, 1.54) is 0 Å². The van der Waals surface area contributed by atoms with Crippen molar-refractivity contribution >= 4 is 5.65 Å². The van der Waals surface area contributed by atoms with Crippen molar-refractivity contribution in [1.82, 2.24) is 9.38 Å². The third-order valence-corrected chi connectivity index (χ3v) is 3.24. The average molecular weight is 263 g/mol. The maximum absolute atomic E-state index is 9.04.